The topological polar surface area (TPSA) is 41.1 Å². The minimum Gasteiger partial charge on any atom is -0.351 e. The molecule has 0 radical (unpaired) electrons. The van der Waals surface area contributed by atoms with Gasteiger partial charge in [0.2, 0.25) is 5.91 Å². The molecule has 3 nitrogen and oxygen atoms in total. The Morgan fingerprint density at radius 3 is 2.30 bits per heavy atom. The van der Waals surface area contributed by atoms with Gasteiger partial charge in [0.15, 0.2) is 0 Å². The highest BCUT2D eigenvalue weighted by Crippen LogP contribution is 2.44. The van der Waals surface area contributed by atoms with Crippen molar-refractivity contribution in [2.75, 3.05) is 0 Å². The van der Waals surface area contributed by atoms with E-state index in [2.05, 4.69) is 10.6 Å². The minimum absolute atomic E-state index is 0.0920. The standard InChI is InChI=1S/C17H28N2O/c20-17(19-16(12-5-6-12)13-7-8-13)15-10-9-11-3-1-2-4-14(11)18-15/h11-16,18H,1-10H2,(H,19,20). The summed E-state index contributed by atoms with van der Waals surface area (Å²) in [6.45, 7) is 0. The highest BCUT2D eigenvalue weighted by molar-refractivity contribution is 5.82. The van der Waals surface area contributed by atoms with E-state index in [1.807, 2.05) is 0 Å². The molecule has 0 aromatic rings. The lowest BCUT2D eigenvalue weighted by molar-refractivity contribution is -0.125. The van der Waals surface area contributed by atoms with Gasteiger partial charge in [-0.3, -0.25) is 4.79 Å². The minimum atomic E-state index is 0.0920. The molecule has 3 atom stereocenters. The molecule has 4 rings (SSSR count). The van der Waals surface area contributed by atoms with Crippen molar-refractivity contribution in [3.63, 3.8) is 0 Å². The second kappa shape index (κ2) is 5.32. The number of hydrogen-bond donors (Lipinski definition) is 2. The molecule has 4 fully saturated rings. The van der Waals surface area contributed by atoms with Crippen LogP contribution in [0.3, 0.4) is 0 Å². The second-order valence-corrected chi connectivity index (χ2v) is 7.66. The number of piperidine rings is 1. The van der Waals surface area contributed by atoms with Gasteiger partial charge in [-0.25, -0.2) is 0 Å². The van der Waals surface area contributed by atoms with E-state index in [0.29, 0.717) is 18.0 Å². The fourth-order valence-electron chi connectivity index (χ4n) is 4.50. The first-order valence-corrected chi connectivity index (χ1v) is 8.87. The highest BCUT2D eigenvalue weighted by atomic mass is 16.2. The van der Waals surface area contributed by atoms with Gasteiger partial charge in [0.05, 0.1) is 6.04 Å². The first-order chi connectivity index (χ1) is 9.81. The van der Waals surface area contributed by atoms with Crippen molar-refractivity contribution in [3.05, 3.63) is 0 Å². The Balaban J connectivity index is 1.33. The normalized spacial score (nSPS) is 37.5. The van der Waals surface area contributed by atoms with E-state index in [9.17, 15) is 4.79 Å². The Kier molecular flexibility index (Phi) is 3.49. The predicted octanol–water partition coefficient (Wildman–Crippen LogP) is 2.60. The molecule has 3 saturated carbocycles. The van der Waals surface area contributed by atoms with Crippen LogP contribution in [0.25, 0.3) is 0 Å². The Hall–Kier alpha value is -0.570. The van der Waals surface area contributed by atoms with E-state index in [1.165, 1.54) is 57.8 Å². The first kappa shape index (κ1) is 13.1. The van der Waals surface area contributed by atoms with E-state index >= 15 is 0 Å². The summed E-state index contributed by atoms with van der Waals surface area (Å²) in [5, 5.41) is 7.07. The quantitative estimate of drug-likeness (QED) is 0.828. The van der Waals surface area contributed by atoms with Gasteiger partial charge >= 0.3 is 0 Å². The molecule has 0 spiro atoms. The molecular weight excluding hydrogens is 248 g/mol. The number of fused-ring (bicyclic) bond motifs is 1. The lowest BCUT2D eigenvalue weighted by Crippen LogP contribution is -2.56. The number of carbonyl (C=O) groups excluding carboxylic acids is 1. The van der Waals surface area contributed by atoms with Crippen LogP contribution >= 0.6 is 0 Å². The van der Waals surface area contributed by atoms with Crippen LogP contribution in [0.15, 0.2) is 0 Å². The molecule has 3 heteroatoms. The van der Waals surface area contributed by atoms with Crippen molar-refractivity contribution in [2.45, 2.75) is 82.3 Å². The molecule has 4 aliphatic rings. The fraction of sp³-hybridized carbons (Fsp3) is 0.941. The molecule has 0 aromatic heterocycles. The van der Waals surface area contributed by atoms with Gasteiger partial charge in [-0.15, -0.1) is 0 Å². The molecule has 1 aliphatic heterocycles. The lowest BCUT2D eigenvalue weighted by atomic mass is 9.77. The van der Waals surface area contributed by atoms with E-state index < -0.39 is 0 Å². The number of amides is 1. The Morgan fingerprint density at radius 2 is 1.60 bits per heavy atom. The fourth-order valence-corrected chi connectivity index (χ4v) is 4.50. The van der Waals surface area contributed by atoms with Crippen LogP contribution in [0.4, 0.5) is 0 Å². The Bertz CT molecular complexity index is 363. The van der Waals surface area contributed by atoms with E-state index in [-0.39, 0.29) is 6.04 Å². The second-order valence-electron chi connectivity index (χ2n) is 7.66. The zero-order valence-electron chi connectivity index (χ0n) is 12.4. The molecule has 2 N–H and O–H groups in total. The molecule has 0 bridgehead atoms. The zero-order chi connectivity index (χ0) is 13.5. The number of hydrogen-bond acceptors (Lipinski definition) is 2. The molecule has 3 aliphatic carbocycles. The Labute approximate surface area is 122 Å². The maximum absolute atomic E-state index is 12.6. The van der Waals surface area contributed by atoms with Crippen LogP contribution in [0.1, 0.15) is 64.2 Å². The average Bonchev–Trinajstić information content (AvgIpc) is 3.37. The van der Waals surface area contributed by atoms with Crippen molar-refractivity contribution in [2.24, 2.45) is 17.8 Å². The van der Waals surface area contributed by atoms with Crippen LogP contribution in [0.2, 0.25) is 0 Å². The van der Waals surface area contributed by atoms with Gasteiger partial charge in [0.1, 0.15) is 0 Å². The van der Waals surface area contributed by atoms with Crippen LogP contribution in [0, 0.1) is 17.8 Å². The third-order valence-electron chi connectivity index (χ3n) is 6.04. The summed E-state index contributed by atoms with van der Waals surface area (Å²) in [6, 6.07) is 1.22. The molecule has 1 saturated heterocycles. The van der Waals surface area contributed by atoms with Gasteiger partial charge in [-0.2, -0.15) is 0 Å². The van der Waals surface area contributed by atoms with Crippen LogP contribution in [0.5, 0.6) is 0 Å². The third-order valence-corrected chi connectivity index (χ3v) is 6.04. The molecular formula is C17H28N2O. The van der Waals surface area contributed by atoms with Gasteiger partial charge < -0.3 is 10.6 Å². The summed E-state index contributed by atoms with van der Waals surface area (Å²) in [6.07, 6.45) is 13.0. The van der Waals surface area contributed by atoms with Gasteiger partial charge in [-0.05, 0) is 69.1 Å². The lowest BCUT2D eigenvalue weighted by Gasteiger charge is -2.40. The van der Waals surface area contributed by atoms with Gasteiger partial charge in [-0.1, -0.05) is 12.8 Å². The summed E-state index contributed by atoms with van der Waals surface area (Å²) in [5.74, 6) is 2.75. The average molecular weight is 276 g/mol. The maximum atomic E-state index is 12.6. The highest BCUT2D eigenvalue weighted by Gasteiger charge is 2.43. The van der Waals surface area contributed by atoms with Crippen molar-refractivity contribution < 1.29 is 4.79 Å². The molecule has 20 heavy (non-hydrogen) atoms. The van der Waals surface area contributed by atoms with Crippen molar-refractivity contribution >= 4 is 5.91 Å². The predicted molar refractivity (Wildman–Crippen MR) is 79.3 cm³/mol. The van der Waals surface area contributed by atoms with Crippen LogP contribution in [-0.2, 0) is 4.79 Å². The third kappa shape index (κ3) is 2.74. The number of nitrogens with one attached hydrogen (secondary N) is 2. The largest absolute Gasteiger partial charge is 0.351 e. The molecule has 1 amide bonds. The van der Waals surface area contributed by atoms with Crippen LogP contribution < -0.4 is 10.6 Å². The SMILES string of the molecule is O=C(NC(C1CC1)C1CC1)C1CCC2CCCCC2N1. The van der Waals surface area contributed by atoms with E-state index in [4.69, 9.17) is 0 Å². The van der Waals surface area contributed by atoms with Crippen molar-refractivity contribution in [1.29, 1.82) is 0 Å². The number of rotatable bonds is 4. The molecule has 112 valence electrons. The van der Waals surface area contributed by atoms with E-state index in [0.717, 1.165) is 24.2 Å². The summed E-state index contributed by atoms with van der Waals surface area (Å²) in [5.41, 5.74) is 0. The van der Waals surface area contributed by atoms with Crippen molar-refractivity contribution in [3.8, 4) is 0 Å². The summed E-state index contributed by atoms with van der Waals surface area (Å²) < 4.78 is 0. The maximum Gasteiger partial charge on any atom is 0.237 e. The van der Waals surface area contributed by atoms with Gasteiger partial charge in [0, 0.05) is 12.1 Å². The monoisotopic (exact) mass is 276 g/mol. The number of carbonyl (C=O) groups is 1. The summed E-state index contributed by atoms with van der Waals surface area (Å²) in [7, 11) is 0. The van der Waals surface area contributed by atoms with Gasteiger partial charge in [0.25, 0.3) is 0 Å². The smallest absolute Gasteiger partial charge is 0.237 e. The van der Waals surface area contributed by atoms with Crippen LogP contribution in [-0.4, -0.2) is 24.0 Å². The summed E-state index contributed by atoms with van der Waals surface area (Å²) in [4.78, 5) is 12.6. The summed E-state index contributed by atoms with van der Waals surface area (Å²) >= 11 is 0. The molecule has 0 aromatic carbocycles. The first-order valence-electron chi connectivity index (χ1n) is 8.87. The zero-order valence-corrected chi connectivity index (χ0v) is 12.4. The molecule has 1 heterocycles. The van der Waals surface area contributed by atoms with E-state index in [1.54, 1.807) is 0 Å². The Morgan fingerprint density at radius 1 is 0.900 bits per heavy atom. The van der Waals surface area contributed by atoms with Crippen molar-refractivity contribution in [1.82, 2.24) is 10.6 Å². The molecule has 3 unspecified atom stereocenters.